The van der Waals surface area contributed by atoms with Crippen LogP contribution in [-0.2, 0) is 14.6 Å². The molecular weight excluding hydrogens is 380 g/mol. The van der Waals surface area contributed by atoms with Crippen molar-refractivity contribution in [3.8, 4) is 11.3 Å². The van der Waals surface area contributed by atoms with Crippen LogP contribution in [0.4, 0.5) is 5.13 Å². The SMILES string of the molecule is C=C(C(=O)Nc1nc(-c2ccc(Cl)cc2)cs1)S(=O)(=O)C1CCCC1. The maximum absolute atomic E-state index is 12.4. The lowest BCUT2D eigenvalue weighted by Gasteiger charge is -2.12. The average Bonchev–Trinajstić information content (AvgIpc) is 3.26. The molecule has 1 amide bonds. The minimum absolute atomic E-state index is 0.331. The van der Waals surface area contributed by atoms with E-state index in [0.717, 1.165) is 18.4 Å². The van der Waals surface area contributed by atoms with Gasteiger partial charge in [-0.05, 0) is 25.0 Å². The second kappa shape index (κ2) is 7.27. The molecule has 2 aromatic rings. The number of carbonyl (C=O) groups excluding carboxylic acids is 1. The van der Waals surface area contributed by atoms with Crippen LogP contribution in [0.2, 0.25) is 5.02 Å². The van der Waals surface area contributed by atoms with Gasteiger partial charge in [0.1, 0.15) is 4.91 Å². The van der Waals surface area contributed by atoms with Crippen LogP contribution in [0.15, 0.2) is 41.1 Å². The third kappa shape index (κ3) is 3.94. The Kier molecular flexibility index (Phi) is 5.27. The third-order valence-electron chi connectivity index (χ3n) is 4.20. The molecular formula is C17H17ClN2O3S2. The molecule has 0 aliphatic heterocycles. The van der Waals surface area contributed by atoms with Gasteiger partial charge in [-0.1, -0.05) is 43.2 Å². The number of nitrogens with one attached hydrogen (secondary N) is 1. The zero-order valence-electron chi connectivity index (χ0n) is 13.4. The van der Waals surface area contributed by atoms with E-state index < -0.39 is 21.0 Å². The highest BCUT2D eigenvalue weighted by molar-refractivity contribution is 7.96. The summed E-state index contributed by atoms with van der Waals surface area (Å²) in [7, 11) is -3.65. The van der Waals surface area contributed by atoms with E-state index in [1.165, 1.54) is 11.3 Å². The summed E-state index contributed by atoms with van der Waals surface area (Å²) in [5.41, 5.74) is 1.54. The van der Waals surface area contributed by atoms with E-state index in [2.05, 4.69) is 16.9 Å². The van der Waals surface area contributed by atoms with Gasteiger partial charge in [-0.15, -0.1) is 11.3 Å². The molecule has 0 saturated heterocycles. The molecule has 0 unspecified atom stereocenters. The standard InChI is InChI=1S/C17H17ClN2O3S2/c1-11(25(22,23)14-4-2-3-5-14)16(21)20-17-19-15(10-24-17)12-6-8-13(18)9-7-12/h6-10,14H,1-5H2,(H,19,20,21). The summed E-state index contributed by atoms with van der Waals surface area (Å²) in [6, 6.07) is 7.16. The van der Waals surface area contributed by atoms with Gasteiger partial charge in [0.25, 0.3) is 5.91 Å². The molecule has 0 bridgehead atoms. The van der Waals surface area contributed by atoms with Crippen molar-refractivity contribution in [1.29, 1.82) is 0 Å². The Morgan fingerprint density at radius 3 is 2.52 bits per heavy atom. The van der Waals surface area contributed by atoms with E-state index in [1.807, 2.05) is 12.1 Å². The number of carbonyl (C=O) groups is 1. The predicted molar refractivity (Wildman–Crippen MR) is 102 cm³/mol. The lowest BCUT2D eigenvalue weighted by Crippen LogP contribution is -2.26. The summed E-state index contributed by atoms with van der Waals surface area (Å²) in [5.74, 6) is -0.719. The van der Waals surface area contributed by atoms with Crippen molar-refractivity contribution in [3.63, 3.8) is 0 Å². The minimum Gasteiger partial charge on any atom is -0.297 e. The Labute approximate surface area is 155 Å². The fourth-order valence-corrected chi connectivity index (χ4v) is 5.29. The summed E-state index contributed by atoms with van der Waals surface area (Å²) >= 11 is 7.09. The van der Waals surface area contributed by atoms with Crippen LogP contribution in [0.3, 0.4) is 0 Å². The van der Waals surface area contributed by atoms with Crippen molar-refractivity contribution in [2.24, 2.45) is 0 Å². The molecule has 132 valence electrons. The number of sulfone groups is 1. The average molecular weight is 397 g/mol. The Morgan fingerprint density at radius 1 is 1.24 bits per heavy atom. The number of amides is 1. The van der Waals surface area contributed by atoms with E-state index in [9.17, 15) is 13.2 Å². The lowest BCUT2D eigenvalue weighted by atomic mass is 10.2. The largest absolute Gasteiger partial charge is 0.297 e. The first-order valence-corrected chi connectivity index (χ1v) is 10.6. The molecule has 1 aliphatic rings. The van der Waals surface area contributed by atoms with Crippen LogP contribution in [0, 0.1) is 0 Å². The van der Waals surface area contributed by atoms with Crippen molar-refractivity contribution >= 4 is 43.8 Å². The van der Waals surface area contributed by atoms with Gasteiger partial charge in [-0.25, -0.2) is 13.4 Å². The van der Waals surface area contributed by atoms with Gasteiger partial charge < -0.3 is 0 Å². The minimum atomic E-state index is -3.65. The molecule has 1 heterocycles. The normalized spacial score (nSPS) is 15.2. The van der Waals surface area contributed by atoms with E-state index in [1.54, 1.807) is 17.5 Å². The molecule has 5 nitrogen and oxygen atoms in total. The van der Waals surface area contributed by atoms with Gasteiger partial charge >= 0.3 is 0 Å². The van der Waals surface area contributed by atoms with Crippen molar-refractivity contribution in [1.82, 2.24) is 4.98 Å². The number of hydrogen-bond acceptors (Lipinski definition) is 5. The molecule has 0 spiro atoms. The molecule has 25 heavy (non-hydrogen) atoms. The summed E-state index contributed by atoms with van der Waals surface area (Å²) < 4.78 is 24.9. The molecule has 3 rings (SSSR count). The number of benzene rings is 1. The first-order chi connectivity index (χ1) is 11.9. The smallest absolute Gasteiger partial charge is 0.268 e. The summed E-state index contributed by atoms with van der Waals surface area (Å²) in [6.45, 7) is 3.50. The van der Waals surface area contributed by atoms with Crippen LogP contribution < -0.4 is 5.32 Å². The van der Waals surface area contributed by atoms with Crippen LogP contribution in [0.5, 0.6) is 0 Å². The summed E-state index contributed by atoms with van der Waals surface area (Å²) in [5, 5.41) is 4.78. The monoisotopic (exact) mass is 396 g/mol. The first-order valence-electron chi connectivity index (χ1n) is 7.83. The highest BCUT2D eigenvalue weighted by Crippen LogP contribution is 2.30. The second-order valence-electron chi connectivity index (χ2n) is 5.87. The molecule has 0 radical (unpaired) electrons. The molecule has 1 aromatic carbocycles. The Morgan fingerprint density at radius 2 is 1.88 bits per heavy atom. The zero-order valence-corrected chi connectivity index (χ0v) is 15.8. The van der Waals surface area contributed by atoms with E-state index in [0.29, 0.717) is 28.7 Å². The van der Waals surface area contributed by atoms with Crippen molar-refractivity contribution in [3.05, 3.63) is 46.2 Å². The van der Waals surface area contributed by atoms with Gasteiger partial charge in [-0.3, -0.25) is 10.1 Å². The van der Waals surface area contributed by atoms with Crippen molar-refractivity contribution in [2.75, 3.05) is 5.32 Å². The highest BCUT2D eigenvalue weighted by atomic mass is 35.5. The molecule has 1 aliphatic carbocycles. The molecule has 1 saturated carbocycles. The van der Waals surface area contributed by atoms with E-state index in [4.69, 9.17) is 11.6 Å². The molecule has 0 atom stereocenters. The van der Waals surface area contributed by atoms with E-state index in [-0.39, 0.29) is 4.91 Å². The number of hydrogen-bond donors (Lipinski definition) is 1. The van der Waals surface area contributed by atoms with Crippen LogP contribution >= 0.6 is 22.9 Å². The Bertz CT molecular complexity index is 898. The number of halogens is 1. The van der Waals surface area contributed by atoms with Crippen molar-refractivity contribution < 1.29 is 13.2 Å². The van der Waals surface area contributed by atoms with Crippen LogP contribution in [0.1, 0.15) is 25.7 Å². The summed E-state index contributed by atoms with van der Waals surface area (Å²) in [4.78, 5) is 16.2. The fraction of sp³-hybridized carbons (Fsp3) is 0.294. The maximum atomic E-state index is 12.4. The van der Waals surface area contributed by atoms with Crippen molar-refractivity contribution in [2.45, 2.75) is 30.9 Å². The molecule has 1 fully saturated rings. The molecule has 1 N–H and O–H groups in total. The van der Waals surface area contributed by atoms with Gasteiger partial charge in [-0.2, -0.15) is 0 Å². The molecule has 1 aromatic heterocycles. The van der Waals surface area contributed by atoms with Gasteiger partial charge in [0.15, 0.2) is 15.0 Å². The Hall–Kier alpha value is -1.70. The predicted octanol–water partition coefficient (Wildman–Crippen LogP) is 4.27. The van der Waals surface area contributed by atoms with Crippen LogP contribution in [0.25, 0.3) is 11.3 Å². The van der Waals surface area contributed by atoms with E-state index >= 15 is 0 Å². The second-order valence-corrected chi connectivity index (χ2v) is 9.42. The third-order valence-corrected chi connectivity index (χ3v) is 7.43. The maximum Gasteiger partial charge on any atom is 0.268 e. The van der Waals surface area contributed by atoms with Gasteiger partial charge in [0.05, 0.1) is 10.9 Å². The number of anilines is 1. The van der Waals surface area contributed by atoms with Gasteiger partial charge in [0, 0.05) is 16.0 Å². The lowest BCUT2D eigenvalue weighted by molar-refractivity contribution is -0.112. The Balaban J connectivity index is 1.71. The number of nitrogens with zero attached hydrogens (tertiary/aromatic N) is 1. The molecule has 8 heteroatoms. The number of thiazole rings is 1. The van der Waals surface area contributed by atoms with Gasteiger partial charge in [0.2, 0.25) is 0 Å². The van der Waals surface area contributed by atoms with Crippen LogP contribution in [-0.4, -0.2) is 24.6 Å². The highest BCUT2D eigenvalue weighted by Gasteiger charge is 2.34. The first kappa shape index (κ1) is 18.1. The summed E-state index contributed by atoms with van der Waals surface area (Å²) in [6.07, 6.45) is 2.92. The quantitative estimate of drug-likeness (QED) is 0.765. The topological polar surface area (TPSA) is 76.1 Å². The fourth-order valence-electron chi connectivity index (χ4n) is 2.78. The number of rotatable bonds is 5. The number of aromatic nitrogens is 1. The zero-order chi connectivity index (χ0) is 18.0.